The summed E-state index contributed by atoms with van der Waals surface area (Å²) in [7, 11) is 1.77. The Morgan fingerprint density at radius 1 is 1.17 bits per heavy atom. The summed E-state index contributed by atoms with van der Waals surface area (Å²) in [6.45, 7) is 6.42. The van der Waals surface area contributed by atoms with E-state index >= 15 is 0 Å². The molecule has 0 aliphatic rings. The van der Waals surface area contributed by atoms with E-state index in [0.717, 1.165) is 35.9 Å². The third-order valence-corrected chi connectivity index (χ3v) is 4.46. The SMILES string of the molecule is CCCCOCCOCCNC(=NC)NCc1ccc(Br)s1.I. The smallest absolute Gasteiger partial charge is 0.191 e. The molecule has 1 heterocycles. The van der Waals surface area contributed by atoms with Gasteiger partial charge in [0.05, 0.1) is 30.2 Å². The molecule has 0 saturated heterocycles. The van der Waals surface area contributed by atoms with Gasteiger partial charge in [-0.2, -0.15) is 0 Å². The van der Waals surface area contributed by atoms with Gasteiger partial charge in [-0.1, -0.05) is 13.3 Å². The first-order valence-electron chi connectivity index (χ1n) is 7.60. The summed E-state index contributed by atoms with van der Waals surface area (Å²) >= 11 is 5.18. The molecule has 0 unspecified atom stereocenters. The normalized spacial score (nSPS) is 11.2. The summed E-state index contributed by atoms with van der Waals surface area (Å²) in [6, 6.07) is 4.14. The Bertz CT molecular complexity index is 433. The summed E-state index contributed by atoms with van der Waals surface area (Å²) in [5.41, 5.74) is 0. The summed E-state index contributed by atoms with van der Waals surface area (Å²) in [6.07, 6.45) is 2.28. The number of rotatable bonds is 11. The van der Waals surface area contributed by atoms with E-state index in [0.29, 0.717) is 19.8 Å². The van der Waals surface area contributed by atoms with E-state index in [4.69, 9.17) is 9.47 Å². The van der Waals surface area contributed by atoms with E-state index < -0.39 is 0 Å². The van der Waals surface area contributed by atoms with Gasteiger partial charge in [0.2, 0.25) is 0 Å². The van der Waals surface area contributed by atoms with Crippen LogP contribution in [0.1, 0.15) is 24.6 Å². The van der Waals surface area contributed by atoms with Gasteiger partial charge in [0.25, 0.3) is 0 Å². The van der Waals surface area contributed by atoms with Crippen molar-refractivity contribution in [3.05, 3.63) is 20.8 Å². The number of nitrogens with one attached hydrogen (secondary N) is 2. The molecule has 1 rings (SSSR count). The van der Waals surface area contributed by atoms with Crippen LogP contribution >= 0.6 is 51.2 Å². The van der Waals surface area contributed by atoms with E-state index in [-0.39, 0.29) is 24.0 Å². The topological polar surface area (TPSA) is 54.9 Å². The lowest BCUT2D eigenvalue weighted by Crippen LogP contribution is -2.38. The van der Waals surface area contributed by atoms with E-state index in [2.05, 4.69) is 44.5 Å². The number of nitrogens with zero attached hydrogens (tertiary/aromatic N) is 1. The van der Waals surface area contributed by atoms with E-state index in [9.17, 15) is 0 Å². The molecule has 0 amide bonds. The molecule has 0 aromatic carbocycles. The van der Waals surface area contributed by atoms with Crippen molar-refractivity contribution in [3.8, 4) is 0 Å². The number of halogens is 2. The molecule has 1 aromatic rings. The molecule has 0 radical (unpaired) electrons. The van der Waals surface area contributed by atoms with Gasteiger partial charge in [0, 0.05) is 25.1 Å². The third kappa shape index (κ3) is 12.2. The molecule has 0 saturated carbocycles. The Morgan fingerprint density at radius 2 is 1.91 bits per heavy atom. The van der Waals surface area contributed by atoms with Crippen LogP contribution in [-0.4, -0.2) is 46.0 Å². The standard InChI is InChI=1S/C15H26BrN3O2S.HI/c1-3-4-8-20-10-11-21-9-7-18-15(17-2)19-12-13-5-6-14(16)22-13;/h5-6H,3-4,7-12H2,1-2H3,(H2,17,18,19);1H. The van der Waals surface area contributed by atoms with Crippen LogP contribution in [0.5, 0.6) is 0 Å². The van der Waals surface area contributed by atoms with Gasteiger partial charge in [0.1, 0.15) is 0 Å². The minimum Gasteiger partial charge on any atom is -0.379 e. The quantitative estimate of drug-likeness (QED) is 0.203. The molecule has 0 fully saturated rings. The molecule has 0 bridgehead atoms. The van der Waals surface area contributed by atoms with Crippen LogP contribution in [0.25, 0.3) is 0 Å². The highest BCUT2D eigenvalue weighted by molar-refractivity contribution is 14.0. The summed E-state index contributed by atoms with van der Waals surface area (Å²) in [5.74, 6) is 0.785. The van der Waals surface area contributed by atoms with E-state index in [1.54, 1.807) is 18.4 Å². The minimum atomic E-state index is 0. The maximum Gasteiger partial charge on any atom is 0.191 e. The maximum atomic E-state index is 5.50. The zero-order valence-corrected chi connectivity index (χ0v) is 18.5. The van der Waals surface area contributed by atoms with Crippen molar-refractivity contribution in [2.24, 2.45) is 4.99 Å². The lowest BCUT2D eigenvalue weighted by molar-refractivity contribution is 0.0487. The molecule has 5 nitrogen and oxygen atoms in total. The Balaban J connectivity index is 0.00000484. The van der Waals surface area contributed by atoms with Crippen LogP contribution in [-0.2, 0) is 16.0 Å². The molecular weight excluding hydrogens is 493 g/mol. The van der Waals surface area contributed by atoms with Crippen molar-refractivity contribution in [2.75, 3.05) is 40.0 Å². The van der Waals surface area contributed by atoms with Crippen molar-refractivity contribution in [1.82, 2.24) is 10.6 Å². The highest BCUT2D eigenvalue weighted by Crippen LogP contribution is 2.21. The zero-order chi connectivity index (χ0) is 16.0. The second-order valence-corrected chi connectivity index (χ2v) is 7.18. The first-order chi connectivity index (χ1) is 10.8. The minimum absolute atomic E-state index is 0. The highest BCUT2D eigenvalue weighted by Gasteiger charge is 2.00. The molecule has 0 aliphatic heterocycles. The fourth-order valence-corrected chi connectivity index (χ4v) is 3.07. The fourth-order valence-electron chi connectivity index (χ4n) is 1.65. The molecule has 2 N–H and O–H groups in total. The second kappa shape index (κ2) is 15.6. The van der Waals surface area contributed by atoms with Crippen molar-refractivity contribution < 1.29 is 9.47 Å². The number of hydrogen-bond donors (Lipinski definition) is 2. The number of ether oxygens (including phenoxy) is 2. The van der Waals surface area contributed by atoms with Crippen LogP contribution in [0.2, 0.25) is 0 Å². The first kappa shape index (κ1) is 23.1. The van der Waals surface area contributed by atoms with Gasteiger partial charge < -0.3 is 20.1 Å². The molecule has 0 atom stereocenters. The summed E-state index contributed by atoms with van der Waals surface area (Å²) < 4.78 is 12.1. The number of unbranched alkanes of at least 4 members (excludes halogenated alkanes) is 1. The largest absolute Gasteiger partial charge is 0.379 e. The van der Waals surface area contributed by atoms with Gasteiger partial charge in [-0.05, 0) is 34.5 Å². The molecule has 8 heteroatoms. The van der Waals surface area contributed by atoms with Crippen molar-refractivity contribution in [2.45, 2.75) is 26.3 Å². The highest BCUT2D eigenvalue weighted by atomic mass is 127. The first-order valence-corrected chi connectivity index (χ1v) is 9.21. The number of guanidine groups is 1. The zero-order valence-electron chi connectivity index (χ0n) is 13.8. The number of hydrogen-bond acceptors (Lipinski definition) is 4. The Hall–Kier alpha value is 0.1000. The monoisotopic (exact) mass is 519 g/mol. The Labute approximate surface area is 168 Å². The number of thiophene rings is 1. The summed E-state index contributed by atoms with van der Waals surface area (Å²) in [5, 5.41) is 6.50. The van der Waals surface area contributed by atoms with Crippen LogP contribution in [0.15, 0.2) is 20.9 Å². The molecule has 1 aromatic heterocycles. The molecule has 0 aliphatic carbocycles. The van der Waals surface area contributed by atoms with Crippen LogP contribution in [0.3, 0.4) is 0 Å². The van der Waals surface area contributed by atoms with Crippen LogP contribution in [0.4, 0.5) is 0 Å². The van der Waals surface area contributed by atoms with Gasteiger partial charge in [-0.3, -0.25) is 4.99 Å². The van der Waals surface area contributed by atoms with E-state index in [1.165, 1.54) is 11.3 Å². The average Bonchev–Trinajstić information content (AvgIpc) is 2.94. The van der Waals surface area contributed by atoms with Gasteiger partial charge in [0.15, 0.2) is 5.96 Å². The Morgan fingerprint density at radius 3 is 2.52 bits per heavy atom. The average molecular weight is 520 g/mol. The maximum absolute atomic E-state index is 5.50. The van der Waals surface area contributed by atoms with Gasteiger partial charge in [-0.25, -0.2) is 0 Å². The second-order valence-electron chi connectivity index (χ2n) is 4.64. The van der Waals surface area contributed by atoms with Crippen molar-refractivity contribution >= 4 is 57.2 Å². The molecule has 0 spiro atoms. The van der Waals surface area contributed by atoms with Gasteiger partial charge >= 0.3 is 0 Å². The number of aliphatic imine (C=N–C) groups is 1. The molecule has 23 heavy (non-hydrogen) atoms. The lowest BCUT2D eigenvalue weighted by atomic mass is 10.4. The van der Waals surface area contributed by atoms with Crippen molar-refractivity contribution in [3.63, 3.8) is 0 Å². The molecular formula is C15H27BrIN3O2S. The molecule has 134 valence electrons. The lowest BCUT2D eigenvalue weighted by Gasteiger charge is -2.11. The summed E-state index contributed by atoms with van der Waals surface area (Å²) in [4.78, 5) is 5.44. The third-order valence-electron chi connectivity index (χ3n) is 2.84. The Kier molecular flexibility index (Phi) is 15.7. The van der Waals surface area contributed by atoms with E-state index in [1.807, 2.05) is 6.07 Å². The van der Waals surface area contributed by atoms with Crippen LogP contribution in [0, 0.1) is 0 Å². The van der Waals surface area contributed by atoms with Gasteiger partial charge in [-0.15, -0.1) is 35.3 Å². The fraction of sp³-hybridized carbons (Fsp3) is 0.667. The van der Waals surface area contributed by atoms with Crippen LogP contribution < -0.4 is 10.6 Å². The van der Waals surface area contributed by atoms with Crippen molar-refractivity contribution in [1.29, 1.82) is 0 Å². The predicted molar refractivity (Wildman–Crippen MR) is 112 cm³/mol. The predicted octanol–water partition coefficient (Wildman–Crippen LogP) is 3.63.